The van der Waals surface area contributed by atoms with Gasteiger partial charge in [0.2, 0.25) is 5.91 Å². The zero-order valence-electron chi connectivity index (χ0n) is 11.8. The van der Waals surface area contributed by atoms with Gasteiger partial charge in [0.05, 0.1) is 7.11 Å². The van der Waals surface area contributed by atoms with E-state index in [1.165, 1.54) is 7.11 Å². The van der Waals surface area contributed by atoms with E-state index in [1.807, 2.05) is 0 Å². The molecule has 19 heavy (non-hydrogen) atoms. The van der Waals surface area contributed by atoms with E-state index < -0.39 is 5.54 Å². The lowest BCUT2D eigenvalue weighted by atomic mass is 9.90. The summed E-state index contributed by atoms with van der Waals surface area (Å²) >= 11 is 0. The van der Waals surface area contributed by atoms with E-state index in [4.69, 9.17) is 4.74 Å². The van der Waals surface area contributed by atoms with Crippen molar-refractivity contribution in [1.82, 2.24) is 10.6 Å². The molecule has 0 aromatic carbocycles. The number of hydrogen-bond acceptors (Lipinski definition) is 4. The van der Waals surface area contributed by atoms with Crippen LogP contribution < -0.4 is 10.6 Å². The molecule has 1 fully saturated rings. The van der Waals surface area contributed by atoms with Crippen molar-refractivity contribution in [3.63, 3.8) is 0 Å². The van der Waals surface area contributed by atoms with Crippen LogP contribution in [0.1, 0.15) is 44.9 Å². The number of nitrogens with one attached hydrogen (secondary N) is 2. The van der Waals surface area contributed by atoms with Crippen molar-refractivity contribution < 1.29 is 14.3 Å². The standard InChI is InChI=1S/C13H24N2O3.ClH/c1-14-10-7-11(16)15-13(12(17)18-2)8-5-3-4-6-9-13;/h14H,3-10H2,1-2H3,(H,15,16);1H. The number of ether oxygens (including phenoxy) is 1. The van der Waals surface area contributed by atoms with Gasteiger partial charge >= 0.3 is 5.97 Å². The highest BCUT2D eigenvalue weighted by Gasteiger charge is 2.40. The van der Waals surface area contributed by atoms with Gasteiger partial charge in [-0.2, -0.15) is 0 Å². The molecule has 0 aliphatic heterocycles. The first-order chi connectivity index (χ1) is 8.64. The van der Waals surface area contributed by atoms with Gasteiger partial charge in [-0.3, -0.25) is 4.79 Å². The summed E-state index contributed by atoms with van der Waals surface area (Å²) in [6.07, 6.45) is 5.91. The summed E-state index contributed by atoms with van der Waals surface area (Å²) in [7, 11) is 3.18. The number of esters is 1. The highest BCUT2D eigenvalue weighted by molar-refractivity contribution is 5.88. The largest absolute Gasteiger partial charge is 0.467 e. The van der Waals surface area contributed by atoms with Gasteiger partial charge in [0.15, 0.2) is 0 Å². The second-order valence-electron chi connectivity index (χ2n) is 4.89. The minimum absolute atomic E-state index is 0. The minimum Gasteiger partial charge on any atom is -0.467 e. The van der Waals surface area contributed by atoms with Crippen LogP contribution in [0.15, 0.2) is 0 Å². The first-order valence-electron chi connectivity index (χ1n) is 6.68. The predicted octanol–water partition coefficient (Wildman–Crippen LogP) is 1.40. The molecule has 0 spiro atoms. The molecule has 1 saturated carbocycles. The Balaban J connectivity index is 0.00000324. The van der Waals surface area contributed by atoms with Crippen LogP contribution in [-0.4, -0.2) is 38.1 Å². The Morgan fingerprint density at radius 1 is 1.16 bits per heavy atom. The molecular weight excluding hydrogens is 268 g/mol. The molecule has 2 N–H and O–H groups in total. The first kappa shape index (κ1) is 18.2. The molecule has 0 atom stereocenters. The number of halogens is 1. The van der Waals surface area contributed by atoms with E-state index in [0.717, 1.165) is 25.7 Å². The normalized spacial score (nSPS) is 17.8. The van der Waals surface area contributed by atoms with Crippen LogP contribution in [0, 0.1) is 0 Å². The molecule has 5 nitrogen and oxygen atoms in total. The molecule has 1 amide bonds. The van der Waals surface area contributed by atoms with E-state index in [9.17, 15) is 9.59 Å². The Bertz CT molecular complexity index is 290. The van der Waals surface area contributed by atoms with E-state index in [-0.39, 0.29) is 24.3 Å². The number of methoxy groups -OCH3 is 1. The highest BCUT2D eigenvalue weighted by atomic mass is 35.5. The van der Waals surface area contributed by atoms with Gasteiger partial charge in [0.25, 0.3) is 0 Å². The number of hydrogen-bond donors (Lipinski definition) is 2. The molecule has 1 aliphatic carbocycles. The van der Waals surface area contributed by atoms with Crippen molar-refractivity contribution in [2.24, 2.45) is 0 Å². The molecule has 1 rings (SSSR count). The van der Waals surface area contributed by atoms with Gasteiger partial charge in [0, 0.05) is 13.0 Å². The summed E-state index contributed by atoms with van der Waals surface area (Å²) < 4.78 is 4.88. The Morgan fingerprint density at radius 2 is 1.74 bits per heavy atom. The van der Waals surface area contributed by atoms with Gasteiger partial charge in [-0.25, -0.2) is 4.79 Å². The third-order valence-electron chi connectivity index (χ3n) is 3.51. The lowest BCUT2D eigenvalue weighted by molar-refractivity contribution is -0.151. The zero-order valence-corrected chi connectivity index (χ0v) is 12.6. The van der Waals surface area contributed by atoms with Crippen LogP contribution >= 0.6 is 12.4 Å². The van der Waals surface area contributed by atoms with Crippen LogP contribution in [0.5, 0.6) is 0 Å². The molecule has 0 bridgehead atoms. The molecule has 0 saturated heterocycles. The number of carbonyl (C=O) groups is 2. The summed E-state index contributed by atoms with van der Waals surface area (Å²) in [5, 5.41) is 5.83. The SMILES string of the molecule is CNCCC(=O)NC1(C(=O)OC)CCCCCC1.Cl. The fourth-order valence-electron chi connectivity index (χ4n) is 2.48. The highest BCUT2D eigenvalue weighted by Crippen LogP contribution is 2.28. The van der Waals surface area contributed by atoms with Crippen LogP contribution in [0.4, 0.5) is 0 Å². The number of amides is 1. The minimum atomic E-state index is -0.796. The van der Waals surface area contributed by atoms with E-state index in [1.54, 1.807) is 7.05 Å². The van der Waals surface area contributed by atoms with Gasteiger partial charge in [0.1, 0.15) is 5.54 Å². The smallest absolute Gasteiger partial charge is 0.331 e. The zero-order chi connectivity index (χ0) is 13.4. The van der Waals surface area contributed by atoms with Crippen LogP contribution in [0.25, 0.3) is 0 Å². The Kier molecular flexibility index (Phi) is 8.76. The maximum Gasteiger partial charge on any atom is 0.331 e. The van der Waals surface area contributed by atoms with Gasteiger partial charge in [-0.05, 0) is 19.9 Å². The van der Waals surface area contributed by atoms with E-state index in [2.05, 4.69) is 10.6 Å². The van der Waals surface area contributed by atoms with Gasteiger partial charge in [-0.15, -0.1) is 12.4 Å². The molecule has 0 heterocycles. The average molecular weight is 293 g/mol. The second kappa shape index (κ2) is 9.15. The summed E-state index contributed by atoms with van der Waals surface area (Å²) in [5.41, 5.74) is -0.796. The molecule has 0 radical (unpaired) electrons. The molecule has 112 valence electrons. The molecule has 0 unspecified atom stereocenters. The van der Waals surface area contributed by atoms with Crippen molar-refractivity contribution in [2.75, 3.05) is 20.7 Å². The first-order valence-corrected chi connectivity index (χ1v) is 6.68. The van der Waals surface area contributed by atoms with E-state index in [0.29, 0.717) is 25.8 Å². The Morgan fingerprint density at radius 3 is 2.21 bits per heavy atom. The monoisotopic (exact) mass is 292 g/mol. The summed E-state index contributed by atoms with van der Waals surface area (Å²) in [6.45, 7) is 0.614. The fraction of sp³-hybridized carbons (Fsp3) is 0.846. The van der Waals surface area contributed by atoms with Gasteiger partial charge in [-0.1, -0.05) is 25.7 Å². The van der Waals surface area contributed by atoms with Crippen molar-refractivity contribution in [1.29, 1.82) is 0 Å². The second-order valence-corrected chi connectivity index (χ2v) is 4.89. The topological polar surface area (TPSA) is 67.4 Å². The molecule has 6 heteroatoms. The van der Waals surface area contributed by atoms with Crippen molar-refractivity contribution in [3.8, 4) is 0 Å². The molecule has 1 aliphatic rings. The number of carbonyl (C=O) groups excluding carboxylic acids is 2. The number of rotatable bonds is 5. The maximum atomic E-state index is 12.0. The lowest BCUT2D eigenvalue weighted by Crippen LogP contribution is -2.55. The predicted molar refractivity (Wildman–Crippen MR) is 76.4 cm³/mol. The van der Waals surface area contributed by atoms with Crippen LogP contribution in [0.2, 0.25) is 0 Å². The fourth-order valence-corrected chi connectivity index (χ4v) is 2.48. The quantitative estimate of drug-likeness (QED) is 0.594. The summed E-state index contributed by atoms with van der Waals surface area (Å²) in [6, 6.07) is 0. The maximum absolute atomic E-state index is 12.0. The Labute approximate surface area is 121 Å². The third-order valence-corrected chi connectivity index (χ3v) is 3.51. The average Bonchev–Trinajstić information content (AvgIpc) is 2.62. The van der Waals surface area contributed by atoms with E-state index >= 15 is 0 Å². The lowest BCUT2D eigenvalue weighted by Gasteiger charge is -2.30. The van der Waals surface area contributed by atoms with Crippen molar-refractivity contribution >= 4 is 24.3 Å². The van der Waals surface area contributed by atoms with Crippen LogP contribution in [-0.2, 0) is 14.3 Å². The summed E-state index contributed by atoms with van der Waals surface area (Å²) in [4.78, 5) is 23.8. The van der Waals surface area contributed by atoms with Gasteiger partial charge < -0.3 is 15.4 Å². The van der Waals surface area contributed by atoms with Crippen LogP contribution in [0.3, 0.4) is 0 Å². The third kappa shape index (κ3) is 5.37. The Hall–Kier alpha value is -0.810. The van der Waals surface area contributed by atoms with Crippen molar-refractivity contribution in [3.05, 3.63) is 0 Å². The molecule has 0 aromatic heterocycles. The van der Waals surface area contributed by atoms with Crippen molar-refractivity contribution in [2.45, 2.75) is 50.5 Å². The summed E-state index contributed by atoms with van der Waals surface area (Å²) in [5.74, 6) is -0.390. The molecule has 0 aromatic rings. The molecular formula is C13H25ClN2O3.